The molecule has 1 N–H and O–H groups in total. The minimum absolute atomic E-state index is 0.632. The van der Waals surface area contributed by atoms with Gasteiger partial charge in [0.05, 0.1) is 14.2 Å². The van der Waals surface area contributed by atoms with E-state index in [0.717, 1.165) is 4.47 Å². The zero-order valence-corrected chi connectivity index (χ0v) is 12.3. The van der Waals surface area contributed by atoms with Gasteiger partial charge >= 0.3 is 0 Å². The lowest BCUT2D eigenvalue weighted by atomic mass is 10.00. The molecule has 0 radical (unpaired) electrons. The minimum Gasteiger partial charge on any atom is -0.496 e. The van der Waals surface area contributed by atoms with Crippen molar-refractivity contribution in [1.82, 2.24) is 0 Å². The van der Waals surface area contributed by atoms with Gasteiger partial charge in [-0.15, -0.1) is 0 Å². The third-order valence-electron chi connectivity index (χ3n) is 2.92. The van der Waals surface area contributed by atoms with E-state index >= 15 is 0 Å². The smallest absolute Gasteiger partial charge is 0.126 e. The summed E-state index contributed by atoms with van der Waals surface area (Å²) in [5.74, 6) is 1.28. The summed E-state index contributed by atoms with van der Waals surface area (Å²) in [7, 11) is 3.17. The number of hydrogen-bond donors (Lipinski definition) is 1. The number of benzene rings is 2. The van der Waals surface area contributed by atoms with E-state index in [-0.39, 0.29) is 0 Å². The van der Waals surface area contributed by atoms with Crippen LogP contribution in [0.15, 0.2) is 46.9 Å². The van der Waals surface area contributed by atoms with Crippen LogP contribution in [0.1, 0.15) is 17.2 Å². The summed E-state index contributed by atoms with van der Waals surface area (Å²) in [6, 6.07) is 12.9. The number of para-hydroxylation sites is 1. The van der Waals surface area contributed by atoms with Crippen molar-refractivity contribution in [2.24, 2.45) is 0 Å². The largest absolute Gasteiger partial charge is 0.496 e. The average Bonchev–Trinajstić information content (AvgIpc) is 2.46. The summed E-state index contributed by atoms with van der Waals surface area (Å²) in [5.41, 5.74) is 1.42. The van der Waals surface area contributed by atoms with Gasteiger partial charge in [-0.2, -0.15) is 0 Å². The Hall–Kier alpha value is -1.52. The highest BCUT2D eigenvalue weighted by Crippen LogP contribution is 2.35. The molecule has 1 atom stereocenters. The van der Waals surface area contributed by atoms with Crippen LogP contribution in [-0.4, -0.2) is 19.3 Å². The maximum atomic E-state index is 10.5. The number of rotatable bonds is 4. The van der Waals surface area contributed by atoms with Crippen LogP contribution in [-0.2, 0) is 0 Å². The molecular formula is C15H15BrO3. The quantitative estimate of drug-likeness (QED) is 0.935. The molecule has 0 spiro atoms. The lowest BCUT2D eigenvalue weighted by molar-refractivity contribution is 0.209. The molecule has 2 aromatic carbocycles. The van der Waals surface area contributed by atoms with Crippen LogP contribution in [0.4, 0.5) is 0 Å². The van der Waals surface area contributed by atoms with Gasteiger partial charge in [0.2, 0.25) is 0 Å². The van der Waals surface area contributed by atoms with E-state index in [0.29, 0.717) is 22.6 Å². The molecule has 3 nitrogen and oxygen atoms in total. The Morgan fingerprint density at radius 3 is 2.26 bits per heavy atom. The third kappa shape index (κ3) is 2.91. The van der Waals surface area contributed by atoms with E-state index in [9.17, 15) is 5.11 Å². The van der Waals surface area contributed by atoms with Crippen LogP contribution in [0.5, 0.6) is 11.5 Å². The van der Waals surface area contributed by atoms with Crippen molar-refractivity contribution in [1.29, 1.82) is 0 Å². The standard InChI is InChI=1S/C15H15BrO3/c1-18-13-6-4-3-5-11(13)15(17)12-8-7-10(16)9-14(12)19-2/h3-9,15,17H,1-2H3. The Morgan fingerprint density at radius 1 is 0.947 bits per heavy atom. The minimum atomic E-state index is -0.792. The Kier molecular flexibility index (Phi) is 4.45. The van der Waals surface area contributed by atoms with Gasteiger partial charge in [-0.1, -0.05) is 40.2 Å². The number of aliphatic hydroxyl groups excluding tert-OH is 1. The summed E-state index contributed by atoms with van der Waals surface area (Å²) in [6.45, 7) is 0. The lowest BCUT2D eigenvalue weighted by Crippen LogP contribution is -2.04. The van der Waals surface area contributed by atoms with Gasteiger partial charge in [0.1, 0.15) is 17.6 Å². The van der Waals surface area contributed by atoms with Crippen molar-refractivity contribution in [3.63, 3.8) is 0 Å². The van der Waals surface area contributed by atoms with Crippen LogP contribution in [0, 0.1) is 0 Å². The summed E-state index contributed by atoms with van der Waals surface area (Å²) in [6.07, 6.45) is -0.792. The fourth-order valence-electron chi connectivity index (χ4n) is 1.97. The molecule has 0 aliphatic carbocycles. The molecule has 19 heavy (non-hydrogen) atoms. The van der Waals surface area contributed by atoms with Crippen molar-refractivity contribution in [3.05, 3.63) is 58.1 Å². The molecule has 0 saturated heterocycles. The second-order valence-corrected chi connectivity index (χ2v) is 4.95. The second kappa shape index (κ2) is 6.08. The SMILES string of the molecule is COc1ccccc1C(O)c1ccc(Br)cc1OC. The number of hydrogen-bond acceptors (Lipinski definition) is 3. The average molecular weight is 323 g/mol. The molecule has 0 heterocycles. The zero-order valence-electron chi connectivity index (χ0n) is 10.8. The van der Waals surface area contributed by atoms with Crippen molar-refractivity contribution < 1.29 is 14.6 Å². The highest BCUT2D eigenvalue weighted by atomic mass is 79.9. The molecule has 1 unspecified atom stereocenters. The molecule has 4 heteroatoms. The van der Waals surface area contributed by atoms with Crippen LogP contribution < -0.4 is 9.47 Å². The third-order valence-corrected chi connectivity index (χ3v) is 3.42. The zero-order chi connectivity index (χ0) is 13.8. The predicted molar refractivity (Wildman–Crippen MR) is 77.7 cm³/mol. The monoisotopic (exact) mass is 322 g/mol. The molecule has 0 aromatic heterocycles. The molecule has 0 bridgehead atoms. The van der Waals surface area contributed by atoms with Gasteiger partial charge in [-0.05, 0) is 18.2 Å². The summed E-state index contributed by atoms with van der Waals surface area (Å²) in [5, 5.41) is 10.5. The van der Waals surface area contributed by atoms with E-state index in [1.165, 1.54) is 0 Å². The summed E-state index contributed by atoms with van der Waals surface area (Å²) >= 11 is 3.38. The Morgan fingerprint density at radius 2 is 1.58 bits per heavy atom. The topological polar surface area (TPSA) is 38.7 Å². The normalized spacial score (nSPS) is 12.0. The molecular weight excluding hydrogens is 308 g/mol. The highest BCUT2D eigenvalue weighted by molar-refractivity contribution is 9.10. The summed E-state index contributed by atoms with van der Waals surface area (Å²) < 4.78 is 11.5. The van der Waals surface area contributed by atoms with Gasteiger partial charge in [0.15, 0.2) is 0 Å². The van der Waals surface area contributed by atoms with E-state index in [2.05, 4.69) is 15.9 Å². The van der Waals surface area contributed by atoms with Crippen molar-refractivity contribution in [2.75, 3.05) is 14.2 Å². The first-order valence-corrected chi connectivity index (χ1v) is 6.61. The van der Waals surface area contributed by atoms with Gasteiger partial charge in [0.25, 0.3) is 0 Å². The number of ether oxygens (including phenoxy) is 2. The Balaban J connectivity index is 2.46. The van der Waals surface area contributed by atoms with Crippen molar-refractivity contribution >= 4 is 15.9 Å². The Bertz CT molecular complexity index is 569. The number of aliphatic hydroxyl groups is 1. The van der Waals surface area contributed by atoms with Crippen LogP contribution in [0.3, 0.4) is 0 Å². The molecule has 0 fully saturated rings. The van der Waals surface area contributed by atoms with Crippen LogP contribution in [0.2, 0.25) is 0 Å². The van der Waals surface area contributed by atoms with E-state index in [4.69, 9.17) is 9.47 Å². The first-order chi connectivity index (χ1) is 9.17. The van der Waals surface area contributed by atoms with Crippen LogP contribution >= 0.6 is 15.9 Å². The van der Waals surface area contributed by atoms with Crippen molar-refractivity contribution in [3.8, 4) is 11.5 Å². The van der Waals surface area contributed by atoms with Gasteiger partial charge in [-0.3, -0.25) is 0 Å². The number of methoxy groups -OCH3 is 2. The second-order valence-electron chi connectivity index (χ2n) is 4.03. The molecule has 0 saturated carbocycles. The highest BCUT2D eigenvalue weighted by Gasteiger charge is 2.18. The molecule has 0 aliphatic rings. The number of halogens is 1. The molecule has 0 aliphatic heterocycles. The molecule has 0 amide bonds. The maximum absolute atomic E-state index is 10.5. The fourth-order valence-corrected chi connectivity index (χ4v) is 2.31. The molecule has 100 valence electrons. The predicted octanol–water partition coefficient (Wildman–Crippen LogP) is 3.55. The van der Waals surface area contributed by atoms with Crippen LogP contribution in [0.25, 0.3) is 0 Å². The van der Waals surface area contributed by atoms with E-state index < -0.39 is 6.10 Å². The first kappa shape index (κ1) is 13.9. The van der Waals surface area contributed by atoms with Gasteiger partial charge in [-0.25, -0.2) is 0 Å². The lowest BCUT2D eigenvalue weighted by Gasteiger charge is -2.17. The van der Waals surface area contributed by atoms with E-state index in [1.807, 2.05) is 42.5 Å². The maximum Gasteiger partial charge on any atom is 0.126 e. The Labute approximate surface area is 120 Å². The van der Waals surface area contributed by atoms with Gasteiger partial charge < -0.3 is 14.6 Å². The molecule has 2 aromatic rings. The van der Waals surface area contributed by atoms with E-state index in [1.54, 1.807) is 14.2 Å². The molecule has 2 rings (SSSR count). The fraction of sp³-hybridized carbons (Fsp3) is 0.200. The van der Waals surface area contributed by atoms with Crippen molar-refractivity contribution in [2.45, 2.75) is 6.10 Å². The first-order valence-electron chi connectivity index (χ1n) is 5.81. The van der Waals surface area contributed by atoms with Gasteiger partial charge in [0, 0.05) is 15.6 Å². The summed E-state index contributed by atoms with van der Waals surface area (Å²) in [4.78, 5) is 0.